The number of hydrogen-bond acceptors (Lipinski definition) is 5. The maximum atomic E-state index is 14.4. The van der Waals surface area contributed by atoms with E-state index < -0.39 is 30.0 Å². The fraction of sp³-hybridized carbons (Fsp3) is 0.412. The summed E-state index contributed by atoms with van der Waals surface area (Å²) < 4.78 is 30.1. The summed E-state index contributed by atoms with van der Waals surface area (Å²) in [4.78, 5) is 15.0. The molecule has 0 aliphatic carbocycles. The molecule has 1 aliphatic heterocycles. The lowest BCUT2D eigenvalue weighted by Gasteiger charge is -2.32. The molecule has 0 N–H and O–H groups in total. The number of pyridine rings is 1. The highest BCUT2D eigenvalue weighted by Crippen LogP contribution is 2.38. The lowest BCUT2D eigenvalue weighted by atomic mass is 9.87. The second-order valence-electron chi connectivity index (χ2n) is 6.34. The van der Waals surface area contributed by atoms with Crippen LogP contribution in [0.1, 0.15) is 39.0 Å². The normalized spacial score (nSPS) is 18.8. The molecule has 1 aromatic heterocycles. The zero-order chi connectivity index (χ0) is 18.0. The minimum Gasteiger partial charge on any atom is -0.459 e. The molecule has 0 amide bonds. The van der Waals surface area contributed by atoms with Crippen LogP contribution in [-0.4, -0.2) is 36.4 Å². The summed E-state index contributed by atoms with van der Waals surface area (Å²) in [5.74, 6) is 4.18. The third-order valence-electron chi connectivity index (χ3n) is 4.05. The van der Waals surface area contributed by atoms with Crippen molar-refractivity contribution in [3.63, 3.8) is 0 Å². The van der Waals surface area contributed by atoms with Gasteiger partial charge in [-0.1, -0.05) is 6.07 Å². The van der Waals surface area contributed by atoms with E-state index in [1.807, 2.05) is 27.7 Å². The predicted molar refractivity (Wildman–Crippen MR) is 88.3 cm³/mol. The Morgan fingerprint density at radius 3 is 2.42 bits per heavy atom. The van der Waals surface area contributed by atoms with Crippen LogP contribution in [0.25, 0.3) is 6.08 Å². The number of esters is 1. The third kappa shape index (κ3) is 4.02. The van der Waals surface area contributed by atoms with Gasteiger partial charge in [0.2, 0.25) is 0 Å². The highest BCUT2D eigenvalue weighted by molar-refractivity contribution is 6.54. The van der Waals surface area contributed by atoms with Gasteiger partial charge in [0.25, 0.3) is 0 Å². The first kappa shape index (κ1) is 18.2. The SMILES string of the molecule is COC(=O)C#Cc1ccc(C=C(F)B2OC(C)(C)C(C)(C)O2)cn1. The number of rotatable bonds is 2. The summed E-state index contributed by atoms with van der Waals surface area (Å²) in [6, 6.07) is 3.22. The van der Waals surface area contributed by atoms with E-state index in [4.69, 9.17) is 9.31 Å². The molecule has 1 saturated heterocycles. The highest BCUT2D eigenvalue weighted by atomic mass is 19.1. The first-order valence-electron chi connectivity index (χ1n) is 7.43. The van der Waals surface area contributed by atoms with E-state index in [-0.39, 0.29) is 0 Å². The van der Waals surface area contributed by atoms with Crippen LogP contribution in [0.2, 0.25) is 0 Å². The van der Waals surface area contributed by atoms with Crippen LogP contribution in [-0.2, 0) is 18.8 Å². The Morgan fingerprint density at radius 2 is 1.92 bits per heavy atom. The molecular formula is C17H19BFNO4. The molecule has 1 aliphatic rings. The number of hydrogen-bond donors (Lipinski definition) is 0. The second-order valence-corrected chi connectivity index (χ2v) is 6.34. The van der Waals surface area contributed by atoms with Crippen molar-refractivity contribution < 1.29 is 23.2 Å². The van der Waals surface area contributed by atoms with Crippen LogP contribution in [0.5, 0.6) is 0 Å². The van der Waals surface area contributed by atoms with Crippen molar-refractivity contribution in [1.82, 2.24) is 4.98 Å². The zero-order valence-corrected chi connectivity index (χ0v) is 14.3. The summed E-state index contributed by atoms with van der Waals surface area (Å²) in [7, 11) is 0.199. The van der Waals surface area contributed by atoms with Crippen molar-refractivity contribution >= 4 is 19.2 Å². The standard InChI is InChI=1S/C17H19BFNO4/c1-16(2)17(3,4)24-18(23-16)14(19)10-12-6-7-13(20-11-12)8-9-15(21)22-5/h6-7,10-11H,1-5H3. The molecule has 7 heteroatoms. The first-order chi connectivity index (χ1) is 11.1. The molecule has 1 fully saturated rings. The van der Waals surface area contributed by atoms with Gasteiger partial charge in [0.15, 0.2) is 0 Å². The number of aromatic nitrogens is 1. The van der Waals surface area contributed by atoms with E-state index >= 15 is 0 Å². The van der Waals surface area contributed by atoms with Crippen LogP contribution in [0, 0.1) is 11.8 Å². The molecule has 2 rings (SSSR count). The van der Waals surface area contributed by atoms with E-state index in [9.17, 15) is 9.18 Å². The molecule has 0 saturated carbocycles. The van der Waals surface area contributed by atoms with Crippen molar-refractivity contribution in [3.8, 4) is 11.8 Å². The molecule has 24 heavy (non-hydrogen) atoms. The third-order valence-corrected chi connectivity index (χ3v) is 4.05. The van der Waals surface area contributed by atoms with Crippen LogP contribution in [0.4, 0.5) is 4.39 Å². The van der Waals surface area contributed by atoms with E-state index in [1.54, 1.807) is 12.1 Å². The Morgan fingerprint density at radius 1 is 1.29 bits per heavy atom. The van der Waals surface area contributed by atoms with Gasteiger partial charge in [-0.2, -0.15) is 0 Å². The molecule has 1 aromatic rings. The molecule has 0 radical (unpaired) electrons. The Balaban J connectivity index is 2.11. The van der Waals surface area contributed by atoms with Crippen molar-refractivity contribution in [2.75, 3.05) is 7.11 Å². The Kier molecular flexibility index (Phi) is 5.12. The smallest absolute Gasteiger partial charge is 0.459 e. The predicted octanol–water partition coefficient (Wildman–Crippen LogP) is 2.55. The van der Waals surface area contributed by atoms with Crippen molar-refractivity contribution in [2.45, 2.75) is 38.9 Å². The maximum absolute atomic E-state index is 14.4. The summed E-state index contributed by atoms with van der Waals surface area (Å²) in [5, 5.41) is 0. The van der Waals surface area contributed by atoms with Crippen LogP contribution in [0.3, 0.4) is 0 Å². The molecule has 2 heterocycles. The molecule has 0 unspecified atom stereocenters. The monoisotopic (exact) mass is 331 g/mol. The van der Waals surface area contributed by atoms with Crippen LogP contribution in [0.15, 0.2) is 24.1 Å². The van der Waals surface area contributed by atoms with Gasteiger partial charge in [0.1, 0.15) is 11.4 Å². The quantitative estimate of drug-likeness (QED) is 0.474. The lowest BCUT2D eigenvalue weighted by molar-refractivity contribution is -0.133. The first-order valence-corrected chi connectivity index (χ1v) is 7.43. The number of methoxy groups -OCH3 is 1. The molecule has 0 atom stereocenters. The van der Waals surface area contributed by atoms with Crippen molar-refractivity contribution in [3.05, 3.63) is 35.3 Å². The van der Waals surface area contributed by atoms with E-state index in [1.165, 1.54) is 19.4 Å². The van der Waals surface area contributed by atoms with E-state index in [0.717, 1.165) is 0 Å². The van der Waals surface area contributed by atoms with E-state index in [0.29, 0.717) is 11.3 Å². The largest absolute Gasteiger partial charge is 0.525 e. The second kappa shape index (κ2) is 6.75. The fourth-order valence-electron chi connectivity index (χ4n) is 1.91. The van der Waals surface area contributed by atoms with Crippen LogP contribution >= 0.6 is 0 Å². The van der Waals surface area contributed by atoms with Crippen LogP contribution < -0.4 is 0 Å². The van der Waals surface area contributed by atoms with Gasteiger partial charge in [-0.15, -0.1) is 0 Å². The molecule has 0 bridgehead atoms. The number of ether oxygens (including phenoxy) is 1. The van der Waals surface area contributed by atoms with E-state index in [2.05, 4.69) is 21.6 Å². The maximum Gasteiger partial charge on any atom is 0.525 e. The molecule has 0 aromatic carbocycles. The van der Waals surface area contributed by atoms with Gasteiger partial charge in [-0.25, -0.2) is 14.2 Å². The number of halogens is 1. The topological polar surface area (TPSA) is 57.7 Å². The summed E-state index contributed by atoms with van der Waals surface area (Å²) in [6.07, 6.45) is 2.75. The number of nitrogens with zero attached hydrogens (tertiary/aromatic N) is 1. The molecule has 5 nitrogen and oxygen atoms in total. The molecule has 0 spiro atoms. The summed E-state index contributed by atoms with van der Waals surface area (Å²) in [5.41, 5.74) is -0.827. The van der Waals surface area contributed by atoms with Gasteiger partial charge >= 0.3 is 13.1 Å². The molecule has 126 valence electrons. The van der Waals surface area contributed by atoms with Gasteiger partial charge < -0.3 is 14.0 Å². The Bertz CT molecular complexity index is 700. The minimum absolute atomic E-state index is 0.383. The average molecular weight is 331 g/mol. The lowest BCUT2D eigenvalue weighted by Crippen LogP contribution is -2.41. The minimum atomic E-state index is -1.05. The zero-order valence-electron chi connectivity index (χ0n) is 14.3. The fourth-order valence-corrected chi connectivity index (χ4v) is 1.91. The Hall–Kier alpha value is -2.17. The van der Waals surface area contributed by atoms with Gasteiger partial charge in [-0.05, 0) is 51.3 Å². The van der Waals surface area contributed by atoms with Gasteiger partial charge in [0, 0.05) is 12.1 Å². The highest BCUT2D eigenvalue weighted by Gasteiger charge is 2.53. The number of carbonyl (C=O) groups excluding carboxylic acids is 1. The number of carbonyl (C=O) groups is 1. The van der Waals surface area contributed by atoms with Crippen molar-refractivity contribution in [2.24, 2.45) is 0 Å². The summed E-state index contributed by atoms with van der Waals surface area (Å²) in [6.45, 7) is 7.43. The van der Waals surface area contributed by atoms with Crippen molar-refractivity contribution in [1.29, 1.82) is 0 Å². The average Bonchev–Trinajstić information content (AvgIpc) is 2.74. The Labute approximate surface area is 141 Å². The summed E-state index contributed by atoms with van der Waals surface area (Å²) >= 11 is 0. The van der Waals surface area contributed by atoms with Gasteiger partial charge in [-0.3, -0.25) is 0 Å². The van der Waals surface area contributed by atoms with Gasteiger partial charge in [0.05, 0.1) is 18.3 Å². The molecular weight excluding hydrogens is 312 g/mol.